The molecule has 0 atom stereocenters. The lowest BCUT2D eigenvalue weighted by molar-refractivity contribution is -0.763. The number of esters is 2. The Morgan fingerprint density at radius 3 is 2.58 bits per heavy atom. The van der Waals surface area contributed by atoms with E-state index in [4.69, 9.17) is 9.47 Å². The molecule has 138 valence electrons. The number of carbonyl (C=O) groups excluding carboxylic acids is 2. The average molecular weight is 383 g/mol. The van der Waals surface area contributed by atoms with Crippen LogP contribution >= 0.6 is 12.4 Å². The smallest absolute Gasteiger partial charge is 0.342 e. The molecule has 0 saturated heterocycles. The van der Waals surface area contributed by atoms with Crippen LogP contribution in [-0.4, -0.2) is 22.0 Å². The van der Waals surface area contributed by atoms with E-state index in [1.165, 1.54) is 25.3 Å². The first-order valence-corrected chi connectivity index (χ1v) is 7.12. The number of aromatic nitrogens is 1. The maximum atomic E-state index is 12.2. The molecular formula is C16H15ClN2O7. The van der Waals surface area contributed by atoms with Crippen molar-refractivity contribution < 1.29 is 29.0 Å². The van der Waals surface area contributed by atoms with Crippen LogP contribution in [0.2, 0.25) is 0 Å². The number of halogens is 1. The monoisotopic (exact) mass is 382 g/mol. The number of benzene rings is 1. The molecule has 2 aromatic rings. The van der Waals surface area contributed by atoms with E-state index in [9.17, 15) is 19.7 Å². The lowest BCUT2D eigenvalue weighted by Gasteiger charge is -2.10. The Hall–Kier alpha value is -3.20. The fourth-order valence-corrected chi connectivity index (χ4v) is 1.95. The molecule has 26 heavy (non-hydrogen) atoms. The first-order valence-electron chi connectivity index (χ1n) is 7.12. The minimum Gasteiger partial charge on any atom is -0.455 e. The lowest BCUT2D eigenvalue weighted by Crippen LogP contribution is -2.12. The van der Waals surface area contributed by atoms with Gasteiger partial charge in [-0.3, -0.25) is 9.78 Å². The molecule has 2 rings (SSSR count). The third kappa shape index (κ3) is 6.02. The molecule has 1 heterocycles. The van der Waals surface area contributed by atoms with Gasteiger partial charge in [-0.25, -0.2) is 4.79 Å². The SMILES string of the molecule is CC(=O)Oc1ccccc1C(=O)OCc1ncccc1CO[N+](=O)[O-].Cl. The second kappa shape index (κ2) is 9.94. The number of rotatable bonds is 7. The van der Waals surface area contributed by atoms with Crippen LogP contribution in [0, 0.1) is 10.1 Å². The van der Waals surface area contributed by atoms with Gasteiger partial charge >= 0.3 is 11.9 Å². The van der Waals surface area contributed by atoms with Crippen molar-refractivity contribution in [3.63, 3.8) is 0 Å². The van der Waals surface area contributed by atoms with Crippen molar-refractivity contribution in [1.82, 2.24) is 4.98 Å². The zero-order valence-electron chi connectivity index (χ0n) is 13.6. The van der Waals surface area contributed by atoms with Crippen LogP contribution in [0.15, 0.2) is 42.6 Å². The van der Waals surface area contributed by atoms with E-state index < -0.39 is 17.0 Å². The third-order valence-electron chi connectivity index (χ3n) is 3.01. The summed E-state index contributed by atoms with van der Waals surface area (Å²) in [7, 11) is 0. The van der Waals surface area contributed by atoms with Gasteiger partial charge < -0.3 is 14.3 Å². The summed E-state index contributed by atoms with van der Waals surface area (Å²) in [5.41, 5.74) is 0.819. The second-order valence-electron chi connectivity index (χ2n) is 4.77. The van der Waals surface area contributed by atoms with E-state index in [0.29, 0.717) is 11.3 Å². The van der Waals surface area contributed by atoms with E-state index in [-0.39, 0.29) is 36.9 Å². The molecule has 1 aromatic heterocycles. The number of carbonyl (C=O) groups is 2. The summed E-state index contributed by atoms with van der Waals surface area (Å²) in [4.78, 5) is 41.9. The van der Waals surface area contributed by atoms with Gasteiger partial charge in [-0.2, -0.15) is 0 Å². The highest BCUT2D eigenvalue weighted by atomic mass is 35.5. The van der Waals surface area contributed by atoms with Gasteiger partial charge in [-0.1, -0.05) is 18.2 Å². The van der Waals surface area contributed by atoms with Crippen molar-refractivity contribution >= 4 is 24.3 Å². The van der Waals surface area contributed by atoms with E-state index in [0.717, 1.165) is 0 Å². The summed E-state index contributed by atoms with van der Waals surface area (Å²) in [6.07, 6.45) is 1.46. The molecule has 0 radical (unpaired) electrons. The Bertz CT molecular complexity index is 798. The maximum Gasteiger partial charge on any atom is 0.342 e. The topological polar surface area (TPSA) is 118 Å². The van der Waals surface area contributed by atoms with Gasteiger partial charge in [0.15, 0.2) is 0 Å². The quantitative estimate of drug-likeness (QED) is 0.310. The van der Waals surface area contributed by atoms with Crippen molar-refractivity contribution in [1.29, 1.82) is 0 Å². The lowest BCUT2D eigenvalue weighted by atomic mass is 10.2. The summed E-state index contributed by atoms with van der Waals surface area (Å²) >= 11 is 0. The Labute approximate surface area is 154 Å². The zero-order valence-corrected chi connectivity index (χ0v) is 14.4. The molecular weight excluding hydrogens is 368 g/mol. The Morgan fingerprint density at radius 1 is 1.15 bits per heavy atom. The van der Waals surface area contributed by atoms with Crippen LogP contribution in [0.3, 0.4) is 0 Å². The predicted molar refractivity (Wildman–Crippen MR) is 90.1 cm³/mol. The highest BCUT2D eigenvalue weighted by molar-refractivity contribution is 5.93. The molecule has 0 fully saturated rings. The highest BCUT2D eigenvalue weighted by Crippen LogP contribution is 2.20. The normalized spacial score (nSPS) is 9.58. The summed E-state index contributed by atoms with van der Waals surface area (Å²) in [5, 5.41) is 9.38. The molecule has 9 nitrogen and oxygen atoms in total. The van der Waals surface area contributed by atoms with E-state index in [2.05, 4.69) is 9.82 Å². The van der Waals surface area contributed by atoms with Crippen molar-refractivity contribution in [2.75, 3.05) is 0 Å². The summed E-state index contributed by atoms with van der Waals surface area (Å²) in [6.45, 7) is 0.694. The third-order valence-corrected chi connectivity index (χ3v) is 3.01. The summed E-state index contributed by atoms with van der Waals surface area (Å²) < 4.78 is 10.1. The molecule has 0 bridgehead atoms. The van der Waals surface area contributed by atoms with Gasteiger partial charge in [0.2, 0.25) is 0 Å². The molecule has 0 unspecified atom stereocenters. The van der Waals surface area contributed by atoms with E-state index in [1.807, 2.05) is 0 Å². The number of hydrogen-bond acceptors (Lipinski definition) is 8. The first-order chi connectivity index (χ1) is 12.0. The Balaban J connectivity index is 0.00000338. The zero-order chi connectivity index (χ0) is 18.2. The maximum absolute atomic E-state index is 12.2. The van der Waals surface area contributed by atoms with Crippen LogP contribution in [0.1, 0.15) is 28.5 Å². The largest absolute Gasteiger partial charge is 0.455 e. The highest BCUT2D eigenvalue weighted by Gasteiger charge is 2.16. The average Bonchev–Trinajstić information content (AvgIpc) is 2.58. The molecule has 1 aromatic carbocycles. The molecule has 0 N–H and O–H groups in total. The fourth-order valence-electron chi connectivity index (χ4n) is 1.95. The van der Waals surface area contributed by atoms with Crippen LogP contribution in [0.4, 0.5) is 0 Å². The number of ether oxygens (including phenoxy) is 2. The molecule has 0 saturated carbocycles. The fraction of sp³-hybridized carbons (Fsp3) is 0.188. The number of para-hydroxylation sites is 1. The van der Waals surface area contributed by atoms with Crippen LogP contribution < -0.4 is 4.74 Å². The van der Waals surface area contributed by atoms with Gasteiger partial charge in [0, 0.05) is 18.7 Å². The summed E-state index contributed by atoms with van der Waals surface area (Å²) in [6, 6.07) is 9.29. The molecule has 0 aliphatic heterocycles. The van der Waals surface area contributed by atoms with Crippen molar-refractivity contribution in [2.24, 2.45) is 0 Å². The van der Waals surface area contributed by atoms with Gasteiger partial charge in [0.05, 0.1) is 5.69 Å². The Morgan fingerprint density at radius 2 is 1.88 bits per heavy atom. The minimum absolute atomic E-state index is 0. The van der Waals surface area contributed by atoms with Crippen LogP contribution in [-0.2, 0) is 27.6 Å². The van der Waals surface area contributed by atoms with Gasteiger partial charge in [-0.05, 0) is 18.2 Å². The van der Waals surface area contributed by atoms with Crippen molar-refractivity contribution in [3.8, 4) is 5.75 Å². The van der Waals surface area contributed by atoms with Crippen LogP contribution in [0.5, 0.6) is 5.75 Å². The number of nitrogens with zero attached hydrogens (tertiary/aromatic N) is 2. The standard InChI is InChI=1S/C16H14N2O7.ClH/c1-11(19)25-15-7-3-2-6-13(15)16(20)23-10-14-12(5-4-8-17-14)9-24-18(21)22;/h2-8H,9-10H2,1H3;1H. The van der Waals surface area contributed by atoms with Crippen molar-refractivity contribution in [2.45, 2.75) is 20.1 Å². The minimum atomic E-state index is -0.919. The number of pyridine rings is 1. The van der Waals surface area contributed by atoms with Gasteiger partial charge in [0.1, 0.15) is 24.5 Å². The van der Waals surface area contributed by atoms with Crippen LogP contribution in [0.25, 0.3) is 0 Å². The van der Waals surface area contributed by atoms with Gasteiger partial charge in [-0.15, -0.1) is 22.5 Å². The number of hydrogen-bond donors (Lipinski definition) is 0. The molecule has 10 heteroatoms. The van der Waals surface area contributed by atoms with E-state index in [1.54, 1.807) is 24.3 Å². The van der Waals surface area contributed by atoms with E-state index >= 15 is 0 Å². The molecule has 0 aliphatic rings. The van der Waals surface area contributed by atoms with Crippen molar-refractivity contribution in [3.05, 3.63) is 69.5 Å². The van der Waals surface area contributed by atoms with Gasteiger partial charge in [0.25, 0.3) is 5.09 Å². The summed E-state index contributed by atoms with van der Waals surface area (Å²) in [5.74, 6) is -1.20. The Kier molecular flexibility index (Phi) is 7.97. The molecule has 0 aliphatic carbocycles. The second-order valence-corrected chi connectivity index (χ2v) is 4.77. The predicted octanol–water partition coefficient (Wildman–Crippen LogP) is 2.49. The first kappa shape index (κ1) is 20.8. The molecule has 0 amide bonds. The molecule has 0 spiro atoms.